The van der Waals surface area contributed by atoms with E-state index in [4.69, 9.17) is 0 Å². The van der Waals surface area contributed by atoms with Crippen molar-refractivity contribution in [3.8, 4) is 0 Å². The fourth-order valence-electron chi connectivity index (χ4n) is 1.46. The maximum atomic E-state index is 4.47. The third-order valence-electron chi connectivity index (χ3n) is 2.31. The first-order valence-corrected chi connectivity index (χ1v) is 6.13. The van der Waals surface area contributed by atoms with Gasteiger partial charge in [0, 0.05) is 29.9 Å². The Morgan fingerprint density at radius 3 is 2.47 bits per heavy atom. The van der Waals surface area contributed by atoms with E-state index in [1.165, 1.54) is 0 Å². The Kier molecular flexibility index (Phi) is 3.58. The number of rotatable bonds is 3. The summed E-state index contributed by atoms with van der Waals surface area (Å²) < 4.78 is 0. The van der Waals surface area contributed by atoms with Crippen molar-refractivity contribution in [3.63, 3.8) is 0 Å². The fraction of sp³-hybridized carbons (Fsp3) is 0.250. The highest BCUT2D eigenvalue weighted by atomic mass is 32.2. The van der Waals surface area contributed by atoms with Crippen molar-refractivity contribution >= 4 is 17.6 Å². The van der Waals surface area contributed by atoms with Crippen molar-refractivity contribution in [2.45, 2.75) is 23.8 Å². The molecule has 4 nitrogen and oxygen atoms in total. The Labute approximate surface area is 105 Å². The number of aromatic nitrogens is 3. The van der Waals surface area contributed by atoms with Crippen molar-refractivity contribution in [3.05, 3.63) is 35.9 Å². The summed E-state index contributed by atoms with van der Waals surface area (Å²) in [4.78, 5) is 13.9. The van der Waals surface area contributed by atoms with Crippen molar-refractivity contribution < 1.29 is 0 Å². The van der Waals surface area contributed by atoms with Gasteiger partial charge in [0.1, 0.15) is 16.7 Å². The summed E-state index contributed by atoms with van der Waals surface area (Å²) in [5, 5.41) is 4.07. The molecule has 88 valence electrons. The molecule has 0 radical (unpaired) electrons. The van der Waals surface area contributed by atoms with Crippen LogP contribution in [-0.4, -0.2) is 22.0 Å². The number of pyridine rings is 1. The zero-order valence-corrected chi connectivity index (χ0v) is 10.9. The van der Waals surface area contributed by atoms with Crippen LogP contribution < -0.4 is 5.32 Å². The maximum absolute atomic E-state index is 4.47. The van der Waals surface area contributed by atoms with Gasteiger partial charge in [0.05, 0.1) is 0 Å². The van der Waals surface area contributed by atoms with Gasteiger partial charge in [-0.15, -0.1) is 0 Å². The summed E-state index contributed by atoms with van der Waals surface area (Å²) >= 11 is 1.63. The van der Waals surface area contributed by atoms with Crippen LogP contribution in [0.15, 0.2) is 34.4 Å². The standard InChI is InChI=1S/C12H14N4S/c1-8-11(13-3)15-9(2)16-12(8)17-10-4-6-14-7-5-10/h4-7H,1-3H3,(H,13,15,16). The van der Waals surface area contributed by atoms with Gasteiger partial charge in [0.25, 0.3) is 0 Å². The van der Waals surface area contributed by atoms with E-state index in [0.717, 1.165) is 27.1 Å². The molecule has 17 heavy (non-hydrogen) atoms. The lowest BCUT2D eigenvalue weighted by Crippen LogP contribution is -2.01. The topological polar surface area (TPSA) is 50.7 Å². The highest BCUT2D eigenvalue weighted by Crippen LogP contribution is 2.30. The molecule has 2 aromatic rings. The monoisotopic (exact) mass is 246 g/mol. The van der Waals surface area contributed by atoms with Gasteiger partial charge in [0.15, 0.2) is 0 Å². The van der Waals surface area contributed by atoms with E-state index in [1.54, 1.807) is 24.2 Å². The van der Waals surface area contributed by atoms with Crippen molar-refractivity contribution in [2.75, 3.05) is 12.4 Å². The van der Waals surface area contributed by atoms with Crippen molar-refractivity contribution in [2.24, 2.45) is 0 Å². The molecule has 0 aliphatic carbocycles. The van der Waals surface area contributed by atoms with Gasteiger partial charge < -0.3 is 5.32 Å². The van der Waals surface area contributed by atoms with Gasteiger partial charge in [-0.2, -0.15) is 0 Å². The molecule has 0 saturated carbocycles. The lowest BCUT2D eigenvalue weighted by atomic mass is 10.3. The first-order valence-electron chi connectivity index (χ1n) is 5.31. The molecular weight excluding hydrogens is 232 g/mol. The first-order chi connectivity index (χ1) is 8.20. The smallest absolute Gasteiger partial charge is 0.133 e. The lowest BCUT2D eigenvalue weighted by molar-refractivity contribution is 0.940. The third kappa shape index (κ3) is 2.74. The molecule has 0 aliphatic heterocycles. The molecule has 0 saturated heterocycles. The van der Waals surface area contributed by atoms with Crippen LogP contribution in [0, 0.1) is 13.8 Å². The maximum Gasteiger partial charge on any atom is 0.133 e. The van der Waals surface area contributed by atoms with Crippen LogP contribution in [-0.2, 0) is 0 Å². The summed E-state index contributed by atoms with van der Waals surface area (Å²) in [6, 6.07) is 3.95. The van der Waals surface area contributed by atoms with E-state index in [1.807, 2.05) is 33.0 Å². The first kappa shape index (κ1) is 11.9. The van der Waals surface area contributed by atoms with Gasteiger partial charge in [0.2, 0.25) is 0 Å². The van der Waals surface area contributed by atoms with Gasteiger partial charge in [-0.05, 0) is 26.0 Å². The Balaban J connectivity index is 2.36. The molecule has 0 aromatic carbocycles. The number of anilines is 1. The Morgan fingerprint density at radius 1 is 1.12 bits per heavy atom. The second-order valence-electron chi connectivity index (χ2n) is 3.58. The summed E-state index contributed by atoms with van der Waals surface area (Å²) in [6.45, 7) is 3.92. The van der Waals surface area contributed by atoms with Gasteiger partial charge >= 0.3 is 0 Å². The highest BCUT2D eigenvalue weighted by molar-refractivity contribution is 7.99. The molecule has 0 fully saturated rings. The van der Waals surface area contributed by atoms with E-state index < -0.39 is 0 Å². The predicted molar refractivity (Wildman–Crippen MR) is 69.4 cm³/mol. The minimum absolute atomic E-state index is 0.775. The molecular formula is C12H14N4S. The van der Waals surface area contributed by atoms with Crippen LogP contribution in [0.1, 0.15) is 11.4 Å². The van der Waals surface area contributed by atoms with Gasteiger partial charge in [-0.25, -0.2) is 9.97 Å². The zero-order chi connectivity index (χ0) is 12.3. The predicted octanol–water partition coefficient (Wildman–Crippen LogP) is 2.68. The Morgan fingerprint density at radius 2 is 1.82 bits per heavy atom. The van der Waals surface area contributed by atoms with Gasteiger partial charge in [-0.3, -0.25) is 4.98 Å². The second kappa shape index (κ2) is 5.14. The second-order valence-corrected chi connectivity index (χ2v) is 4.65. The molecule has 5 heteroatoms. The minimum atomic E-state index is 0.775. The molecule has 2 heterocycles. The summed E-state index contributed by atoms with van der Waals surface area (Å²) in [7, 11) is 1.87. The fourth-order valence-corrected chi connectivity index (χ4v) is 2.37. The lowest BCUT2D eigenvalue weighted by Gasteiger charge is -2.10. The van der Waals surface area contributed by atoms with Crippen molar-refractivity contribution in [1.82, 2.24) is 15.0 Å². The van der Waals surface area contributed by atoms with Crippen LogP contribution in [0.5, 0.6) is 0 Å². The molecule has 0 aliphatic rings. The van der Waals surface area contributed by atoms with Crippen LogP contribution in [0.3, 0.4) is 0 Å². The van der Waals surface area contributed by atoms with Crippen LogP contribution >= 0.6 is 11.8 Å². The normalized spacial score (nSPS) is 10.3. The summed E-state index contributed by atoms with van der Waals surface area (Å²) in [6.07, 6.45) is 3.56. The molecule has 2 rings (SSSR count). The zero-order valence-electron chi connectivity index (χ0n) is 10.1. The minimum Gasteiger partial charge on any atom is -0.373 e. The molecule has 0 amide bonds. The molecule has 0 spiro atoms. The molecule has 0 bridgehead atoms. The largest absolute Gasteiger partial charge is 0.373 e. The third-order valence-corrected chi connectivity index (χ3v) is 3.41. The summed E-state index contributed by atoms with van der Waals surface area (Å²) in [5.41, 5.74) is 1.07. The van der Waals surface area contributed by atoms with E-state index in [0.29, 0.717) is 0 Å². The quantitative estimate of drug-likeness (QED) is 0.844. The SMILES string of the molecule is CNc1nc(C)nc(Sc2ccncc2)c1C. The van der Waals surface area contributed by atoms with Crippen molar-refractivity contribution in [1.29, 1.82) is 0 Å². The average Bonchev–Trinajstić information content (AvgIpc) is 2.34. The van der Waals surface area contributed by atoms with Crippen LogP contribution in [0.4, 0.5) is 5.82 Å². The highest BCUT2D eigenvalue weighted by Gasteiger charge is 2.09. The average molecular weight is 246 g/mol. The molecule has 0 unspecified atom stereocenters. The number of hydrogen-bond donors (Lipinski definition) is 1. The van der Waals surface area contributed by atoms with Crippen LogP contribution in [0.25, 0.3) is 0 Å². The number of aryl methyl sites for hydroxylation is 1. The number of nitrogens with one attached hydrogen (secondary N) is 1. The number of hydrogen-bond acceptors (Lipinski definition) is 5. The van der Waals surface area contributed by atoms with E-state index >= 15 is 0 Å². The Hall–Kier alpha value is -1.62. The molecule has 1 N–H and O–H groups in total. The van der Waals surface area contributed by atoms with E-state index in [9.17, 15) is 0 Å². The van der Waals surface area contributed by atoms with Crippen LogP contribution in [0.2, 0.25) is 0 Å². The number of nitrogens with zero attached hydrogens (tertiary/aromatic N) is 3. The Bertz CT molecular complexity index is 513. The van der Waals surface area contributed by atoms with E-state index in [-0.39, 0.29) is 0 Å². The molecule has 2 aromatic heterocycles. The van der Waals surface area contributed by atoms with Gasteiger partial charge in [-0.1, -0.05) is 11.8 Å². The summed E-state index contributed by atoms with van der Waals surface area (Å²) in [5.74, 6) is 1.66. The van der Waals surface area contributed by atoms with E-state index in [2.05, 4.69) is 20.3 Å². The molecule has 0 atom stereocenters.